The van der Waals surface area contributed by atoms with Crippen LogP contribution in [0.4, 0.5) is 6.01 Å². The van der Waals surface area contributed by atoms with Gasteiger partial charge < -0.3 is 4.42 Å². The Balaban J connectivity index is 1.82. The van der Waals surface area contributed by atoms with Crippen molar-refractivity contribution in [3.63, 3.8) is 0 Å². The smallest absolute Gasteiger partial charge is 0.322 e. The molecular formula is C16H12BrN3O4S. The Bertz CT molecular complexity index is 1050. The van der Waals surface area contributed by atoms with Gasteiger partial charge in [0.05, 0.1) is 4.90 Å². The molecule has 7 nitrogen and oxygen atoms in total. The molecule has 0 aliphatic rings. The number of carbonyl (C=O) groups is 1. The van der Waals surface area contributed by atoms with Gasteiger partial charge in [-0.25, -0.2) is 8.42 Å². The molecular weight excluding hydrogens is 410 g/mol. The summed E-state index contributed by atoms with van der Waals surface area (Å²) in [6, 6.07) is 12.9. The lowest BCUT2D eigenvalue weighted by molar-refractivity contribution is 0.102. The second-order valence-corrected chi connectivity index (χ2v) is 8.11. The van der Waals surface area contributed by atoms with Crippen LogP contribution >= 0.6 is 15.9 Å². The molecule has 1 aromatic heterocycles. The minimum atomic E-state index is -3.35. The lowest BCUT2D eigenvalue weighted by Gasteiger charge is -2.01. The largest absolute Gasteiger partial charge is 0.403 e. The standard InChI is InChI=1S/C16H12BrN3O4S/c1-25(22,23)13-7-3-5-11(9-13)15-19-20-16(24-15)18-14(21)10-4-2-6-12(17)8-10/h2-9H,1H3,(H,18,20,21). The number of halogens is 1. The minimum absolute atomic E-state index is 0.0789. The quantitative estimate of drug-likeness (QED) is 0.693. The average Bonchev–Trinajstić information content (AvgIpc) is 3.03. The molecule has 1 amide bonds. The van der Waals surface area contributed by atoms with Crippen LogP contribution in [0.5, 0.6) is 0 Å². The number of benzene rings is 2. The van der Waals surface area contributed by atoms with Gasteiger partial charge >= 0.3 is 6.01 Å². The lowest BCUT2D eigenvalue weighted by atomic mass is 10.2. The molecule has 0 fully saturated rings. The summed E-state index contributed by atoms with van der Waals surface area (Å²) >= 11 is 3.29. The van der Waals surface area contributed by atoms with Gasteiger partial charge in [-0.2, -0.15) is 0 Å². The van der Waals surface area contributed by atoms with E-state index in [0.29, 0.717) is 11.1 Å². The summed E-state index contributed by atoms with van der Waals surface area (Å²) in [7, 11) is -3.35. The molecule has 0 radical (unpaired) electrons. The number of sulfone groups is 1. The highest BCUT2D eigenvalue weighted by molar-refractivity contribution is 9.10. The predicted octanol–water partition coefficient (Wildman–Crippen LogP) is 3.15. The number of rotatable bonds is 4. The van der Waals surface area contributed by atoms with Gasteiger partial charge in [0.2, 0.25) is 5.89 Å². The molecule has 128 valence electrons. The topological polar surface area (TPSA) is 102 Å². The fraction of sp³-hybridized carbons (Fsp3) is 0.0625. The SMILES string of the molecule is CS(=O)(=O)c1cccc(-c2nnc(NC(=O)c3cccc(Br)c3)o2)c1. The van der Waals surface area contributed by atoms with E-state index in [2.05, 4.69) is 31.4 Å². The van der Waals surface area contributed by atoms with Gasteiger partial charge in [-0.15, -0.1) is 5.10 Å². The van der Waals surface area contributed by atoms with Crippen molar-refractivity contribution < 1.29 is 17.6 Å². The molecule has 0 saturated heterocycles. The number of nitrogens with zero attached hydrogens (tertiary/aromatic N) is 2. The first-order valence-electron chi connectivity index (χ1n) is 7.04. The van der Waals surface area contributed by atoms with Gasteiger partial charge in [0.1, 0.15) is 0 Å². The van der Waals surface area contributed by atoms with Crippen LogP contribution in [-0.2, 0) is 9.84 Å². The molecule has 25 heavy (non-hydrogen) atoms. The summed E-state index contributed by atoms with van der Waals surface area (Å²) in [5.74, 6) is -0.295. The van der Waals surface area contributed by atoms with Crippen molar-refractivity contribution in [1.29, 1.82) is 0 Å². The van der Waals surface area contributed by atoms with Gasteiger partial charge in [0.25, 0.3) is 5.91 Å². The average molecular weight is 422 g/mol. The molecule has 3 rings (SSSR count). The summed E-state index contributed by atoms with van der Waals surface area (Å²) in [5, 5.41) is 10.1. The first-order valence-corrected chi connectivity index (χ1v) is 9.72. The Morgan fingerprint density at radius 2 is 1.88 bits per heavy atom. The Morgan fingerprint density at radius 3 is 2.60 bits per heavy atom. The van der Waals surface area contributed by atoms with Crippen LogP contribution in [0.15, 0.2) is 62.3 Å². The Labute approximate surface area is 152 Å². The number of anilines is 1. The van der Waals surface area contributed by atoms with Crippen molar-refractivity contribution in [2.75, 3.05) is 11.6 Å². The van der Waals surface area contributed by atoms with Crippen LogP contribution in [0.2, 0.25) is 0 Å². The molecule has 1 N–H and O–H groups in total. The molecule has 9 heteroatoms. The van der Waals surface area contributed by atoms with Gasteiger partial charge in [0.15, 0.2) is 9.84 Å². The second kappa shape index (κ2) is 6.77. The van der Waals surface area contributed by atoms with E-state index in [4.69, 9.17) is 4.42 Å². The number of hydrogen-bond acceptors (Lipinski definition) is 6. The number of aromatic nitrogens is 2. The summed E-state index contributed by atoms with van der Waals surface area (Å²) in [5.41, 5.74) is 0.867. The fourth-order valence-corrected chi connectivity index (χ4v) is 3.12. The summed E-state index contributed by atoms with van der Waals surface area (Å²) in [6.07, 6.45) is 1.11. The zero-order chi connectivity index (χ0) is 18.0. The third-order valence-corrected chi connectivity index (χ3v) is 4.84. The molecule has 0 aliphatic heterocycles. The third kappa shape index (κ3) is 4.12. The predicted molar refractivity (Wildman–Crippen MR) is 94.9 cm³/mol. The van der Waals surface area contributed by atoms with Crippen molar-refractivity contribution in [1.82, 2.24) is 10.2 Å². The van der Waals surface area contributed by atoms with Crippen molar-refractivity contribution in [3.05, 3.63) is 58.6 Å². The fourth-order valence-electron chi connectivity index (χ4n) is 2.05. The first kappa shape index (κ1) is 17.3. The molecule has 0 bridgehead atoms. The summed E-state index contributed by atoms with van der Waals surface area (Å²) < 4.78 is 29.4. The van der Waals surface area contributed by atoms with E-state index in [0.717, 1.165) is 10.7 Å². The van der Waals surface area contributed by atoms with E-state index in [9.17, 15) is 13.2 Å². The van der Waals surface area contributed by atoms with E-state index < -0.39 is 15.7 Å². The number of carbonyl (C=O) groups excluding carboxylic acids is 1. The summed E-state index contributed by atoms with van der Waals surface area (Å²) in [6.45, 7) is 0. The van der Waals surface area contributed by atoms with Crippen molar-refractivity contribution in [3.8, 4) is 11.5 Å². The highest BCUT2D eigenvalue weighted by Gasteiger charge is 2.15. The Kier molecular flexibility index (Phi) is 4.69. The highest BCUT2D eigenvalue weighted by atomic mass is 79.9. The van der Waals surface area contributed by atoms with E-state index in [1.54, 1.807) is 36.4 Å². The van der Waals surface area contributed by atoms with Gasteiger partial charge in [-0.05, 0) is 36.4 Å². The molecule has 0 spiro atoms. The molecule has 0 aliphatic carbocycles. The second-order valence-electron chi connectivity index (χ2n) is 5.18. The summed E-state index contributed by atoms with van der Waals surface area (Å²) in [4.78, 5) is 12.3. The van der Waals surface area contributed by atoms with Crippen LogP contribution in [0.1, 0.15) is 10.4 Å². The normalized spacial score (nSPS) is 11.3. The van der Waals surface area contributed by atoms with Gasteiger partial charge in [-0.3, -0.25) is 10.1 Å². The Morgan fingerprint density at radius 1 is 1.12 bits per heavy atom. The van der Waals surface area contributed by atoms with Crippen molar-refractivity contribution in [2.24, 2.45) is 0 Å². The third-order valence-electron chi connectivity index (χ3n) is 3.24. The molecule has 0 atom stereocenters. The Hall–Kier alpha value is -2.52. The maximum absolute atomic E-state index is 12.2. The van der Waals surface area contributed by atoms with Crippen molar-refractivity contribution in [2.45, 2.75) is 4.90 Å². The van der Waals surface area contributed by atoms with E-state index in [1.807, 2.05) is 0 Å². The molecule has 0 unspecified atom stereocenters. The molecule has 3 aromatic rings. The maximum Gasteiger partial charge on any atom is 0.322 e. The number of hydrogen-bond donors (Lipinski definition) is 1. The monoisotopic (exact) mass is 421 g/mol. The zero-order valence-electron chi connectivity index (χ0n) is 12.9. The maximum atomic E-state index is 12.2. The van der Waals surface area contributed by atoms with Crippen LogP contribution in [0.25, 0.3) is 11.5 Å². The van der Waals surface area contributed by atoms with E-state index >= 15 is 0 Å². The van der Waals surface area contributed by atoms with Crippen LogP contribution in [0, 0.1) is 0 Å². The number of nitrogens with one attached hydrogen (secondary N) is 1. The van der Waals surface area contributed by atoms with Crippen molar-refractivity contribution >= 4 is 37.7 Å². The molecule has 0 saturated carbocycles. The van der Waals surface area contributed by atoms with Gasteiger partial charge in [-0.1, -0.05) is 33.2 Å². The lowest BCUT2D eigenvalue weighted by Crippen LogP contribution is -2.11. The highest BCUT2D eigenvalue weighted by Crippen LogP contribution is 2.23. The van der Waals surface area contributed by atoms with Gasteiger partial charge in [0, 0.05) is 21.9 Å². The number of amides is 1. The minimum Gasteiger partial charge on any atom is -0.403 e. The van der Waals surface area contributed by atoms with Crippen LogP contribution in [0.3, 0.4) is 0 Å². The van der Waals surface area contributed by atoms with E-state index in [1.165, 1.54) is 12.1 Å². The van der Waals surface area contributed by atoms with E-state index in [-0.39, 0.29) is 16.8 Å². The van der Waals surface area contributed by atoms with Crippen LogP contribution in [-0.4, -0.2) is 30.8 Å². The molecule has 1 heterocycles. The first-order chi connectivity index (χ1) is 11.8. The zero-order valence-corrected chi connectivity index (χ0v) is 15.3. The van der Waals surface area contributed by atoms with Crippen LogP contribution < -0.4 is 5.32 Å². The molecule has 2 aromatic carbocycles.